The third-order valence-electron chi connectivity index (χ3n) is 4.15. The first-order valence-electron chi connectivity index (χ1n) is 7.30. The molecular formula is C17H22N4. The van der Waals surface area contributed by atoms with Gasteiger partial charge in [-0.3, -0.25) is 9.99 Å². The quantitative estimate of drug-likeness (QED) is 0.862. The van der Waals surface area contributed by atoms with Crippen LogP contribution in [0.3, 0.4) is 0 Å². The maximum absolute atomic E-state index is 5.80. The Morgan fingerprint density at radius 1 is 1.43 bits per heavy atom. The summed E-state index contributed by atoms with van der Waals surface area (Å²) < 4.78 is 0. The van der Waals surface area contributed by atoms with E-state index in [1.54, 1.807) is 0 Å². The number of nitrogens with zero attached hydrogens (tertiary/aromatic N) is 3. The monoisotopic (exact) mass is 282 g/mol. The lowest BCUT2D eigenvalue weighted by Crippen LogP contribution is -2.44. The van der Waals surface area contributed by atoms with E-state index >= 15 is 0 Å². The lowest BCUT2D eigenvalue weighted by Gasteiger charge is -2.36. The minimum Gasteiger partial charge on any atom is -0.306 e. The van der Waals surface area contributed by atoms with Gasteiger partial charge in [-0.05, 0) is 61.2 Å². The van der Waals surface area contributed by atoms with Gasteiger partial charge >= 0.3 is 0 Å². The van der Waals surface area contributed by atoms with Crippen LogP contribution in [0, 0.1) is 12.8 Å². The highest BCUT2D eigenvalue weighted by atomic mass is 15.4. The standard InChI is InChI=1S/C17H22N4/c1-12-6-17(15-4-5-21(18)13(2)7-15)16(9-19-12)8-14-10-20(3)11-14/h4-7,9,14H,2,8,10-11,18H2,1,3H3. The molecule has 0 atom stereocenters. The lowest BCUT2D eigenvalue weighted by molar-refractivity contribution is 0.134. The van der Waals surface area contributed by atoms with Crippen molar-refractivity contribution in [3.63, 3.8) is 0 Å². The molecule has 21 heavy (non-hydrogen) atoms. The molecule has 0 unspecified atom stereocenters. The Kier molecular flexibility index (Phi) is 3.66. The summed E-state index contributed by atoms with van der Waals surface area (Å²) in [6, 6.07) is 2.16. The maximum Gasteiger partial charge on any atom is 0.0502 e. The van der Waals surface area contributed by atoms with Crippen LogP contribution in [0.25, 0.3) is 5.57 Å². The molecule has 1 aromatic heterocycles. The van der Waals surface area contributed by atoms with Crippen LogP contribution in [0.1, 0.15) is 16.8 Å². The number of hydrazine groups is 1. The summed E-state index contributed by atoms with van der Waals surface area (Å²) in [6.07, 6.45) is 9.03. The van der Waals surface area contributed by atoms with Crippen molar-refractivity contribution in [1.82, 2.24) is 14.9 Å². The van der Waals surface area contributed by atoms with E-state index in [1.807, 2.05) is 31.5 Å². The van der Waals surface area contributed by atoms with Crippen molar-refractivity contribution in [3.8, 4) is 0 Å². The second-order valence-electron chi connectivity index (χ2n) is 6.09. The minimum atomic E-state index is 0.737. The van der Waals surface area contributed by atoms with Gasteiger partial charge in [-0.2, -0.15) is 0 Å². The molecule has 3 heterocycles. The number of aryl methyl sites for hydroxylation is 1. The molecule has 2 aliphatic rings. The van der Waals surface area contributed by atoms with Crippen LogP contribution in [0.2, 0.25) is 0 Å². The lowest BCUT2D eigenvalue weighted by atomic mass is 9.88. The van der Waals surface area contributed by atoms with Crippen molar-refractivity contribution < 1.29 is 0 Å². The molecule has 3 rings (SSSR count). The van der Waals surface area contributed by atoms with Crippen LogP contribution in [0.5, 0.6) is 0 Å². The van der Waals surface area contributed by atoms with Crippen LogP contribution in [-0.2, 0) is 6.42 Å². The number of allylic oxidation sites excluding steroid dienone is 3. The highest BCUT2D eigenvalue weighted by molar-refractivity contribution is 5.79. The number of pyridine rings is 1. The topological polar surface area (TPSA) is 45.4 Å². The van der Waals surface area contributed by atoms with Gasteiger partial charge in [0.15, 0.2) is 0 Å². The normalized spacial score (nSPS) is 19.7. The first kappa shape index (κ1) is 14.0. The van der Waals surface area contributed by atoms with E-state index in [9.17, 15) is 0 Å². The number of aromatic nitrogens is 1. The van der Waals surface area contributed by atoms with Gasteiger partial charge in [0.25, 0.3) is 0 Å². The molecule has 2 N–H and O–H groups in total. The Balaban J connectivity index is 1.90. The third kappa shape index (κ3) is 2.91. The van der Waals surface area contributed by atoms with Gasteiger partial charge in [0.2, 0.25) is 0 Å². The number of hydrogen-bond donors (Lipinski definition) is 1. The Hall–Kier alpha value is -1.91. The average molecular weight is 282 g/mol. The molecule has 4 nitrogen and oxygen atoms in total. The number of nitrogens with two attached hydrogens (primary N) is 1. The van der Waals surface area contributed by atoms with Crippen LogP contribution >= 0.6 is 0 Å². The molecule has 2 aliphatic heterocycles. The summed E-state index contributed by atoms with van der Waals surface area (Å²) in [5, 5.41) is 1.54. The number of likely N-dealkylation sites (tertiary alicyclic amines) is 1. The molecule has 0 aliphatic carbocycles. The predicted octanol–water partition coefficient (Wildman–Crippen LogP) is 2.09. The first-order valence-corrected chi connectivity index (χ1v) is 7.30. The van der Waals surface area contributed by atoms with E-state index in [-0.39, 0.29) is 0 Å². The Morgan fingerprint density at radius 2 is 2.19 bits per heavy atom. The van der Waals surface area contributed by atoms with Gasteiger partial charge in [-0.1, -0.05) is 6.58 Å². The summed E-state index contributed by atoms with van der Waals surface area (Å²) >= 11 is 0. The molecule has 0 saturated carbocycles. The van der Waals surface area contributed by atoms with Crippen molar-refractivity contribution in [1.29, 1.82) is 0 Å². The number of rotatable bonds is 3. The second-order valence-corrected chi connectivity index (χ2v) is 6.09. The number of hydrogen-bond acceptors (Lipinski definition) is 4. The van der Waals surface area contributed by atoms with Gasteiger partial charge < -0.3 is 4.90 Å². The molecular weight excluding hydrogens is 260 g/mol. The zero-order valence-corrected chi connectivity index (χ0v) is 12.7. The first-order chi connectivity index (χ1) is 10.0. The third-order valence-corrected chi connectivity index (χ3v) is 4.15. The predicted molar refractivity (Wildman–Crippen MR) is 85.9 cm³/mol. The van der Waals surface area contributed by atoms with Crippen molar-refractivity contribution in [2.45, 2.75) is 13.3 Å². The van der Waals surface area contributed by atoms with Crippen LogP contribution < -0.4 is 5.84 Å². The van der Waals surface area contributed by atoms with E-state index in [4.69, 9.17) is 5.84 Å². The van der Waals surface area contributed by atoms with Crippen molar-refractivity contribution >= 4 is 5.57 Å². The Labute approximate surface area is 126 Å². The molecule has 0 aromatic carbocycles. The van der Waals surface area contributed by atoms with Crippen molar-refractivity contribution in [3.05, 3.63) is 59.7 Å². The summed E-state index contributed by atoms with van der Waals surface area (Å²) in [5.74, 6) is 6.53. The fourth-order valence-corrected chi connectivity index (χ4v) is 3.01. The van der Waals surface area contributed by atoms with Crippen molar-refractivity contribution in [2.24, 2.45) is 11.8 Å². The second kappa shape index (κ2) is 5.47. The highest BCUT2D eigenvalue weighted by Crippen LogP contribution is 2.28. The summed E-state index contributed by atoms with van der Waals surface area (Å²) in [6.45, 7) is 8.35. The van der Waals surface area contributed by atoms with Crippen LogP contribution in [0.4, 0.5) is 0 Å². The molecule has 0 spiro atoms. The van der Waals surface area contributed by atoms with E-state index < -0.39 is 0 Å². The molecule has 110 valence electrons. The summed E-state index contributed by atoms with van der Waals surface area (Å²) in [5.41, 5.74) is 5.57. The largest absolute Gasteiger partial charge is 0.306 e. The Bertz CT molecular complexity index is 624. The highest BCUT2D eigenvalue weighted by Gasteiger charge is 2.24. The smallest absolute Gasteiger partial charge is 0.0502 e. The maximum atomic E-state index is 5.80. The molecule has 1 fully saturated rings. The minimum absolute atomic E-state index is 0.737. The molecule has 1 aromatic rings. The molecule has 0 radical (unpaired) electrons. The van der Waals surface area contributed by atoms with Crippen LogP contribution in [0.15, 0.2) is 42.9 Å². The summed E-state index contributed by atoms with van der Waals surface area (Å²) in [7, 11) is 2.16. The van der Waals surface area contributed by atoms with E-state index in [1.165, 1.54) is 29.2 Å². The fourth-order valence-electron chi connectivity index (χ4n) is 3.01. The van der Waals surface area contributed by atoms with Gasteiger partial charge in [-0.15, -0.1) is 0 Å². The SMILES string of the molecule is C=C1C=C(c2cc(C)ncc2CC2CN(C)C2)C=CN1N. The summed E-state index contributed by atoms with van der Waals surface area (Å²) in [4.78, 5) is 6.82. The molecule has 4 heteroatoms. The van der Waals surface area contributed by atoms with Crippen molar-refractivity contribution in [2.75, 3.05) is 20.1 Å². The van der Waals surface area contributed by atoms with Crippen LogP contribution in [-0.4, -0.2) is 35.0 Å². The van der Waals surface area contributed by atoms with E-state index in [0.29, 0.717) is 0 Å². The average Bonchev–Trinajstić information content (AvgIpc) is 2.42. The molecule has 0 bridgehead atoms. The fraction of sp³-hybridized carbons (Fsp3) is 0.353. The van der Waals surface area contributed by atoms with Gasteiger partial charge in [0, 0.05) is 31.2 Å². The van der Waals surface area contributed by atoms with E-state index in [2.05, 4.69) is 29.6 Å². The van der Waals surface area contributed by atoms with Gasteiger partial charge in [0.05, 0.1) is 5.70 Å². The zero-order valence-electron chi connectivity index (χ0n) is 12.7. The molecule has 1 saturated heterocycles. The van der Waals surface area contributed by atoms with E-state index in [0.717, 1.165) is 29.3 Å². The molecule has 0 amide bonds. The van der Waals surface area contributed by atoms with Gasteiger partial charge in [0.1, 0.15) is 0 Å². The zero-order chi connectivity index (χ0) is 15.0. The Morgan fingerprint density at radius 3 is 2.86 bits per heavy atom. The van der Waals surface area contributed by atoms with Gasteiger partial charge in [-0.25, -0.2) is 5.84 Å².